The molecule has 0 aromatic rings. The van der Waals surface area contributed by atoms with Gasteiger partial charge in [-0.15, -0.1) is 0 Å². The number of likely N-dealkylation sites (tertiary alicyclic amines) is 1. The van der Waals surface area contributed by atoms with Crippen LogP contribution in [0.25, 0.3) is 0 Å². The van der Waals surface area contributed by atoms with Crippen LogP contribution in [0, 0.1) is 5.41 Å². The summed E-state index contributed by atoms with van der Waals surface area (Å²) in [5, 5.41) is 7.10. The maximum atomic E-state index is 12.1. The minimum absolute atomic E-state index is 0.0427. The van der Waals surface area contributed by atoms with Gasteiger partial charge in [0.15, 0.2) is 5.96 Å². The molecule has 2 rings (SSSR count). The molecule has 2 unspecified atom stereocenters. The van der Waals surface area contributed by atoms with Crippen LogP contribution in [0.15, 0.2) is 4.99 Å². The number of hydrogen-bond donors (Lipinski definition) is 2. The Labute approximate surface area is 186 Å². The summed E-state index contributed by atoms with van der Waals surface area (Å²) in [5.41, 5.74) is 0.0655. The molecule has 2 atom stereocenters. The summed E-state index contributed by atoms with van der Waals surface area (Å²) in [6, 6.07) is 0.426. The van der Waals surface area contributed by atoms with E-state index in [1.807, 2.05) is 6.92 Å². The molecule has 9 nitrogen and oxygen atoms in total. The quantitative estimate of drug-likeness (QED) is 0.443. The molecule has 2 amide bonds. The van der Waals surface area contributed by atoms with Crippen molar-refractivity contribution >= 4 is 18.0 Å². The van der Waals surface area contributed by atoms with Crippen molar-refractivity contribution in [3.8, 4) is 0 Å². The molecule has 9 heteroatoms. The maximum Gasteiger partial charge on any atom is 0.409 e. The van der Waals surface area contributed by atoms with E-state index in [4.69, 9.17) is 9.47 Å². The van der Waals surface area contributed by atoms with Gasteiger partial charge < -0.3 is 29.9 Å². The summed E-state index contributed by atoms with van der Waals surface area (Å²) in [6.07, 6.45) is 4.54. The van der Waals surface area contributed by atoms with E-state index in [1.54, 1.807) is 31.0 Å². The first-order valence-corrected chi connectivity index (χ1v) is 11.5. The molecule has 1 saturated heterocycles. The lowest BCUT2D eigenvalue weighted by Crippen LogP contribution is -2.66. The van der Waals surface area contributed by atoms with Crippen molar-refractivity contribution in [2.45, 2.75) is 71.1 Å². The van der Waals surface area contributed by atoms with Crippen LogP contribution in [0.1, 0.15) is 52.9 Å². The van der Waals surface area contributed by atoms with Gasteiger partial charge in [0.25, 0.3) is 0 Å². The molecule has 1 aliphatic carbocycles. The third-order valence-electron chi connectivity index (χ3n) is 6.93. The number of nitrogens with one attached hydrogen (secondary N) is 2. The Bertz CT molecular complexity index is 627. The molecule has 1 aliphatic heterocycles. The molecule has 0 aromatic heterocycles. The van der Waals surface area contributed by atoms with Gasteiger partial charge in [0, 0.05) is 51.8 Å². The Balaban J connectivity index is 2.04. The first-order chi connectivity index (χ1) is 14.8. The molecule has 1 heterocycles. The number of carbonyl (C=O) groups is 2. The lowest BCUT2D eigenvalue weighted by Gasteiger charge is -2.55. The zero-order valence-electron chi connectivity index (χ0n) is 20.1. The second kappa shape index (κ2) is 11.5. The summed E-state index contributed by atoms with van der Waals surface area (Å²) >= 11 is 0. The van der Waals surface area contributed by atoms with Gasteiger partial charge in [0.1, 0.15) is 6.54 Å². The summed E-state index contributed by atoms with van der Waals surface area (Å²) in [6.45, 7) is 7.99. The predicted molar refractivity (Wildman–Crippen MR) is 121 cm³/mol. The van der Waals surface area contributed by atoms with Gasteiger partial charge >= 0.3 is 6.09 Å². The van der Waals surface area contributed by atoms with Crippen LogP contribution in [0.4, 0.5) is 4.79 Å². The average molecular weight is 440 g/mol. The fraction of sp³-hybridized carbons (Fsp3) is 0.864. The van der Waals surface area contributed by atoms with Gasteiger partial charge in [-0.05, 0) is 39.0 Å². The normalized spacial score (nSPS) is 23.7. The monoisotopic (exact) mass is 439 g/mol. The predicted octanol–water partition coefficient (Wildman–Crippen LogP) is 1.82. The van der Waals surface area contributed by atoms with Gasteiger partial charge in [-0.3, -0.25) is 4.79 Å². The Morgan fingerprint density at radius 3 is 2.29 bits per heavy atom. The van der Waals surface area contributed by atoms with Crippen molar-refractivity contribution in [2.75, 3.05) is 47.4 Å². The van der Waals surface area contributed by atoms with Crippen molar-refractivity contribution in [2.24, 2.45) is 10.4 Å². The van der Waals surface area contributed by atoms with Crippen molar-refractivity contribution in [3.05, 3.63) is 0 Å². The lowest BCUT2D eigenvalue weighted by atomic mass is 9.58. The van der Waals surface area contributed by atoms with Crippen LogP contribution in [0.5, 0.6) is 0 Å². The summed E-state index contributed by atoms with van der Waals surface area (Å²) in [5.74, 6) is 0.620. The number of hydrogen-bond acceptors (Lipinski definition) is 5. The lowest BCUT2D eigenvalue weighted by molar-refractivity contribution is -0.127. The molecule has 0 spiro atoms. The molecule has 0 bridgehead atoms. The molecule has 0 radical (unpaired) electrons. The molecule has 2 fully saturated rings. The Morgan fingerprint density at radius 1 is 1.13 bits per heavy atom. The summed E-state index contributed by atoms with van der Waals surface area (Å²) in [7, 11) is 5.25. The number of likely N-dealkylation sites (N-methyl/N-ethyl adjacent to an activating group) is 1. The maximum absolute atomic E-state index is 12.1. The summed E-state index contributed by atoms with van der Waals surface area (Å²) < 4.78 is 10.8. The topological polar surface area (TPSA) is 95.5 Å². The van der Waals surface area contributed by atoms with Gasteiger partial charge in [-0.25, -0.2) is 9.79 Å². The Morgan fingerprint density at radius 2 is 1.77 bits per heavy atom. The van der Waals surface area contributed by atoms with E-state index in [9.17, 15) is 9.59 Å². The highest BCUT2D eigenvalue weighted by atomic mass is 16.6. The Hall–Kier alpha value is -2.03. The molecule has 2 aliphatic rings. The number of guanidine groups is 1. The zero-order chi connectivity index (χ0) is 23.0. The number of piperidine rings is 1. The molecular formula is C22H41N5O4. The first kappa shape index (κ1) is 25.2. The van der Waals surface area contributed by atoms with Crippen LogP contribution >= 0.6 is 0 Å². The smallest absolute Gasteiger partial charge is 0.409 e. The van der Waals surface area contributed by atoms with Crippen LogP contribution < -0.4 is 10.6 Å². The second-order valence-corrected chi connectivity index (χ2v) is 8.65. The SMILES string of the molecule is CCOC(=O)N1CCC(NC(=NCC(=O)N(C)C)NC2CC(OC)C2(CC)CC)CC1. The van der Waals surface area contributed by atoms with Gasteiger partial charge in [0.2, 0.25) is 5.91 Å². The second-order valence-electron chi connectivity index (χ2n) is 8.65. The van der Waals surface area contributed by atoms with E-state index in [0.717, 1.165) is 32.1 Å². The third kappa shape index (κ3) is 6.02. The largest absolute Gasteiger partial charge is 0.450 e. The molecule has 0 aromatic carbocycles. The number of amides is 2. The number of methoxy groups -OCH3 is 1. The number of nitrogens with zero attached hydrogens (tertiary/aromatic N) is 3. The molecule has 1 saturated carbocycles. The number of aliphatic imine (C=N–C) groups is 1. The molecular weight excluding hydrogens is 398 g/mol. The van der Waals surface area contributed by atoms with Crippen LogP contribution in [0.2, 0.25) is 0 Å². The number of carbonyl (C=O) groups excluding carboxylic acids is 2. The zero-order valence-corrected chi connectivity index (χ0v) is 20.1. The highest BCUT2D eigenvalue weighted by Gasteiger charge is 2.53. The standard InChI is InChI=1S/C22H41N5O4/c1-7-22(8-2)17(14-18(22)30-6)25-20(23-15-19(28)26(4)5)24-16-10-12-27(13-11-16)21(29)31-9-3/h16-18H,7-15H2,1-6H3,(H2,23,24,25). The summed E-state index contributed by atoms with van der Waals surface area (Å²) in [4.78, 5) is 31.9. The van der Waals surface area contributed by atoms with E-state index in [1.165, 1.54) is 0 Å². The average Bonchev–Trinajstić information content (AvgIpc) is 2.75. The van der Waals surface area contributed by atoms with Crippen molar-refractivity contribution in [1.29, 1.82) is 0 Å². The van der Waals surface area contributed by atoms with Crippen LogP contribution in [-0.2, 0) is 14.3 Å². The minimum atomic E-state index is -0.250. The highest BCUT2D eigenvalue weighted by Crippen LogP contribution is 2.48. The van der Waals surface area contributed by atoms with E-state index in [2.05, 4.69) is 29.5 Å². The van der Waals surface area contributed by atoms with E-state index in [-0.39, 0.29) is 42.1 Å². The fourth-order valence-electron chi connectivity index (χ4n) is 4.68. The van der Waals surface area contributed by atoms with E-state index < -0.39 is 0 Å². The third-order valence-corrected chi connectivity index (χ3v) is 6.93. The van der Waals surface area contributed by atoms with Gasteiger partial charge in [-0.1, -0.05) is 13.8 Å². The minimum Gasteiger partial charge on any atom is -0.450 e. The van der Waals surface area contributed by atoms with Crippen molar-refractivity contribution in [3.63, 3.8) is 0 Å². The first-order valence-electron chi connectivity index (χ1n) is 11.5. The molecule has 178 valence electrons. The number of ether oxygens (including phenoxy) is 2. The molecule has 31 heavy (non-hydrogen) atoms. The van der Waals surface area contributed by atoms with E-state index >= 15 is 0 Å². The van der Waals surface area contributed by atoms with E-state index in [0.29, 0.717) is 25.7 Å². The Kier molecular flexibility index (Phi) is 9.40. The van der Waals surface area contributed by atoms with Crippen molar-refractivity contribution < 1.29 is 19.1 Å². The van der Waals surface area contributed by atoms with Gasteiger partial charge in [-0.2, -0.15) is 0 Å². The van der Waals surface area contributed by atoms with Crippen LogP contribution in [0.3, 0.4) is 0 Å². The van der Waals surface area contributed by atoms with Crippen LogP contribution in [-0.4, -0.2) is 93.4 Å². The molecule has 2 N–H and O–H groups in total. The fourth-order valence-corrected chi connectivity index (χ4v) is 4.68. The van der Waals surface area contributed by atoms with Gasteiger partial charge in [0.05, 0.1) is 12.7 Å². The highest BCUT2D eigenvalue weighted by molar-refractivity contribution is 5.85. The number of rotatable bonds is 8. The van der Waals surface area contributed by atoms with Crippen molar-refractivity contribution in [1.82, 2.24) is 20.4 Å².